The van der Waals surface area contributed by atoms with Gasteiger partial charge >= 0.3 is 0 Å². The van der Waals surface area contributed by atoms with Gasteiger partial charge in [-0.25, -0.2) is 4.68 Å². The second kappa shape index (κ2) is 7.44. The molecule has 2 saturated heterocycles. The molecule has 0 aliphatic carbocycles. The predicted octanol–water partition coefficient (Wildman–Crippen LogP) is 2.54. The maximum absolute atomic E-state index is 10.5. The fourth-order valence-corrected chi connectivity index (χ4v) is 4.62. The second-order valence-electron chi connectivity index (χ2n) is 8.05. The number of rotatable bonds is 4. The maximum Gasteiger partial charge on any atom is 0.151 e. The number of anilines is 1. The summed E-state index contributed by atoms with van der Waals surface area (Å²) in [5, 5.41) is 30.8. The van der Waals surface area contributed by atoms with Gasteiger partial charge in [0.2, 0.25) is 0 Å². The van der Waals surface area contributed by atoms with Crippen molar-refractivity contribution in [2.24, 2.45) is 0 Å². The van der Waals surface area contributed by atoms with E-state index < -0.39 is 0 Å². The van der Waals surface area contributed by atoms with Crippen molar-refractivity contribution in [2.75, 3.05) is 11.9 Å². The molecule has 2 aliphatic heterocycles. The van der Waals surface area contributed by atoms with Gasteiger partial charge in [0.25, 0.3) is 0 Å². The van der Waals surface area contributed by atoms with E-state index in [1.165, 1.54) is 19.3 Å². The SMILES string of the molecule is CN(c1ccc(-c2ccc(-n3ccnn3)cc2O)nn1)C1C[C@H]2CCC[C@@H](C1)N2. The van der Waals surface area contributed by atoms with E-state index in [0.29, 0.717) is 29.4 Å². The minimum atomic E-state index is 0.139. The lowest BCUT2D eigenvalue weighted by atomic mass is 9.83. The molecule has 150 valence electrons. The summed E-state index contributed by atoms with van der Waals surface area (Å²) in [6, 6.07) is 11.0. The highest BCUT2D eigenvalue weighted by Crippen LogP contribution is 2.32. The van der Waals surface area contributed by atoms with Crippen LogP contribution >= 0.6 is 0 Å². The van der Waals surface area contributed by atoms with Crippen LogP contribution in [0.1, 0.15) is 32.1 Å². The summed E-state index contributed by atoms with van der Waals surface area (Å²) in [5.41, 5.74) is 2.03. The van der Waals surface area contributed by atoms with Gasteiger partial charge in [-0.1, -0.05) is 11.6 Å². The average Bonchev–Trinajstić information content (AvgIpc) is 3.28. The van der Waals surface area contributed by atoms with Crippen LogP contribution in [0.15, 0.2) is 42.7 Å². The summed E-state index contributed by atoms with van der Waals surface area (Å²) in [5.74, 6) is 1.01. The third-order valence-electron chi connectivity index (χ3n) is 6.19. The molecule has 0 radical (unpaired) electrons. The number of phenolic OH excluding ortho intramolecular Hbond substituents is 1. The molecule has 3 aromatic rings. The molecular weight excluding hydrogens is 366 g/mol. The molecule has 0 amide bonds. The number of nitrogens with one attached hydrogen (secondary N) is 1. The lowest BCUT2D eigenvalue weighted by Crippen LogP contribution is -2.54. The van der Waals surface area contributed by atoms with Crippen LogP contribution in [0.5, 0.6) is 5.75 Å². The van der Waals surface area contributed by atoms with Crippen LogP contribution in [0.3, 0.4) is 0 Å². The summed E-state index contributed by atoms with van der Waals surface area (Å²) >= 11 is 0. The number of hydrogen-bond donors (Lipinski definition) is 2. The highest BCUT2D eigenvalue weighted by molar-refractivity contribution is 5.68. The van der Waals surface area contributed by atoms with Gasteiger partial charge in [-0.3, -0.25) is 0 Å². The van der Waals surface area contributed by atoms with Crippen LogP contribution in [0, 0.1) is 0 Å². The van der Waals surface area contributed by atoms with E-state index in [1.807, 2.05) is 24.3 Å². The van der Waals surface area contributed by atoms with E-state index >= 15 is 0 Å². The Hall–Kier alpha value is -3.00. The Kier molecular flexibility index (Phi) is 4.63. The minimum absolute atomic E-state index is 0.139. The minimum Gasteiger partial charge on any atom is -0.507 e. The molecule has 0 spiro atoms. The highest BCUT2D eigenvalue weighted by atomic mass is 16.3. The zero-order chi connectivity index (χ0) is 19.8. The number of benzene rings is 1. The second-order valence-corrected chi connectivity index (χ2v) is 8.05. The third kappa shape index (κ3) is 3.55. The number of aromatic nitrogens is 5. The average molecular weight is 391 g/mol. The van der Waals surface area contributed by atoms with Gasteiger partial charge in [0.05, 0.1) is 23.8 Å². The van der Waals surface area contributed by atoms with Gasteiger partial charge in [-0.15, -0.1) is 15.3 Å². The van der Waals surface area contributed by atoms with Crippen molar-refractivity contribution in [1.82, 2.24) is 30.5 Å². The van der Waals surface area contributed by atoms with E-state index in [4.69, 9.17) is 0 Å². The van der Waals surface area contributed by atoms with Crippen LogP contribution in [0.4, 0.5) is 5.82 Å². The van der Waals surface area contributed by atoms with Crippen LogP contribution < -0.4 is 10.2 Å². The van der Waals surface area contributed by atoms with Gasteiger partial charge in [0, 0.05) is 36.8 Å². The van der Waals surface area contributed by atoms with Crippen molar-refractivity contribution in [3.05, 3.63) is 42.7 Å². The Balaban J connectivity index is 1.33. The number of piperidine rings is 2. The van der Waals surface area contributed by atoms with Crippen molar-refractivity contribution >= 4 is 5.82 Å². The number of phenols is 1. The normalized spacial score (nSPS) is 23.7. The maximum atomic E-state index is 10.5. The molecule has 1 aromatic carbocycles. The molecule has 8 nitrogen and oxygen atoms in total. The fourth-order valence-electron chi connectivity index (χ4n) is 4.62. The van der Waals surface area contributed by atoms with Crippen molar-refractivity contribution < 1.29 is 5.11 Å². The number of hydrogen-bond acceptors (Lipinski definition) is 7. The van der Waals surface area contributed by atoms with Crippen molar-refractivity contribution in [2.45, 2.75) is 50.2 Å². The molecule has 8 heteroatoms. The summed E-state index contributed by atoms with van der Waals surface area (Å²) in [6.07, 6.45) is 9.52. The molecule has 2 aromatic heterocycles. The fraction of sp³-hybridized carbons (Fsp3) is 0.429. The molecule has 2 fully saturated rings. The number of nitrogens with zero attached hydrogens (tertiary/aromatic N) is 6. The molecule has 0 saturated carbocycles. The Labute approximate surface area is 169 Å². The Morgan fingerprint density at radius 2 is 1.93 bits per heavy atom. The summed E-state index contributed by atoms with van der Waals surface area (Å²) in [6.45, 7) is 0. The first-order valence-electron chi connectivity index (χ1n) is 10.2. The molecule has 29 heavy (non-hydrogen) atoms. The van der Waals surface area contributed by atoms with Crippen LogP contribution in [-0.4, -0.2) is 55.5 Å². The van der Waals surface area contributed by atoms with Crippen molar-refractivity contribution in [1.29, 1.82) is 0 Å². The Bertz CT molecular complexity index is 961. The topological polar surface area (TPSA) is 92.0 Å². The van der Waals surface area contributed by atoms with Crippen LogP contribution in [0.25, 0.3) is 16.9 Å². The molecule has 1 unspecified atom stereocenters. The van der Waals surface area contributed by atoms with Crippen molar-refractivity contribution in [3.63, 3.8) is 0 Å². The van der Waals surface area contributed by atoms with E-state index in [1.54, 1.807) is 23.1 Å². The van der Waals surface area contributed by atoms with Gasteiger partial charge in [0.15, 0.2) is 5.82 Å². The van der Waals surface area contributed by atoms with Gasteiger partial charge < -0.3 is 15.3 Å². The lowest BCUT2D eigenvalue weighted by molar-refractivity contribution is 0.219. The lowest BCUT2D eigenvalue weighted by Gasteiger charge is -2.43. The zero-order valence-electron chi connectivity index (χ0n) is 16.4. The molecule has 2 bridgehead atoms. The number of fused-ring (bicyclic) bond motifs is 2. The molecule has 3 atom stereocenters. The van der Waals surface area contributed by atoms with Crippen molar-refractivity contribution in [3.8, 4) is 22.7 Å². The van der Waals surface area contributed by atoms with Crippen LogP contribution in [-0.2, 0) is 0 Å². The first-order chi connectivity index (χ1) is 14.2. The first kappa shape index (κ1) is 18.1. The predicted molar refractivity (Wildman–Crippen MR) is 110 cm³/mol. The summed E-state index contributed by atoms with van der Waals surface area (Å²) in [4.78, 5) is 2.26. The quantitative estimate of drug-likeness (QED) is 0.706. The highest BCUT2D eigenvalue weighted by Gasteiger charge is 2.33. The standard InChI is InChI=1S/C21H25N7O/c1-27(17-11-14-3-2-4-15(12-17)23-14)21-8-7-19(24-25-21)18-6-5-16(13-20(18)29)28-10-9-22-26-28/h5-10,13-15,17,23,29H,2-4,11-12H2,1H3/t14-,15+,17?. The third-order valence-corrected chi connectivity index (χ3v) is 6.19. The van der Waals surface area contributed by atoms with Gasteiger partial charge in [-0.2, -0.15) is 0 Å². The van der Waals surface area contributed by atoms with Gasteiger partial charge in [-0.05, 0) is 49.9 Å². The molecule has 2 N–H and O–H groups in total. The van der Waals surface area contributed by atoms with E-state index in [2.05, 4.69) is 37.8 Å². The van der Waals surface area contributed by atoms with E-state index in [0.717, 1.165) is 24.3 Å². The monoisotopic (exact) mass is 391 g/mol. The Morgan fingerprint density at radius 1 is 1.10 bits per heavy atom. The largest absolute Gasteiger partial charge is 0.507 e. The molecule has 2 aliphatic rings. The molecule has 4 heterocycles. The Morgan fingerprint density at radius 3 is 2.59 bits per heavy atom. The molecule has 5 rings (SSSR count). The number of aromatic hydroxyl groups is 1. The molecular formula is C21H25N7O. The van der Waals surface area contributed by atoms with E-state index in [9.17, 15) is 5.11 Å². The van der Waals surface area contributed by atoms with E-state index in [-0.39, 0.29) is 5.75 Å². The van der Waals surface area contributed by atoms with Gasteiger partial charge in [0.1, 0.15) is 5.75 Å². The smallest absolute Gasteiger partial charge is 0.151 e. The van der Waals surface area contributed by atoms with Crippen LogP contribution in [0.2, 0.25) is 0 Å². The summed E-state index contributed by atoms with van der Waals surface area (Å²) < 4.78 is 1.60. The zero-order valence-corrected chi connectivity index (χ0v) is 16.4. The first-order valence-corrected chi connectivity index (χ1v) is 10.2. The summed E-state index contributed by atoms with van der Waals surface area (Å²) in [7, 11) is 2.11.